The molecule has 0 bridgehead atoms. The topological polar surface area (TPSA) is 83.5 Å². The summed E-state index contributed by atoms with van der Waals surface area (Å²) in [4.78, 5) is 30.3. The van der Waals surface area contributed by atoms with Crippen molar-refractivity contribution >= 4 is 29.2 Å². The maximum Gasteiger partial charge on any atom is 0.416 e. The van der Waals surface area contributed by atoms with E-state index in [4.69, 9.17) is 9.72 Å². The van der Waals surface area contributed by atoms with Crippen molar-refractivity contribution in [2.45, 2.75) is 30.1 Å². The van der Waals surface area contributed by atoms with Gasteiger partial charge in [0.25, 0.3) is 5.91 Å². The van der Waals surface area contributed by atoms with Gasteiger partial charge < -0.3 is 19.9 Å². The molecule has 1 aliphatic rings. The minimum Gasteiger partial charge on any atom is -0.378 e. The van der Waals surface area contributed by atoms with Crippen LogP contribution in [0.4, 0.5) is 24.7 Å². The highest BCUT2D eigenvalue weighted by atomic mass is 32.2. The predicted molar refractivity (Wildman–Crippen MR) is 165 cm³/mol. The van der Waals surface area contributed by atoms with Gasteiger partial charge in [0, 0.05) is 81.2 Å². The molecule has 230 valence electrons. The SMILES string of the molecule is COCc1cc(N2CCN(c3cccc(C(F)(F)F)c3)CC2)nc(SCc2ccc(C(=O)NCCc3ccccn3)cc2)n1. The monoisotopic (exact) mass is 622 g/mol. The molecule has 0 unspecified atom stereocenters. The Morgan fingerprint density at radius 2 is 1.70 bits per heavy atom. The number of nitrogens with zero attached hydrogens (tertiary/aromatic N) is 5. The lowest BCUT2D eigenvalue weighted by molar-refractivity contribution is -0.137. The van der Waals surface area contributed by atoms with Crippen LogP contribution in [0.25, 0.3) is 0 Å². The number of aromatic nitrogens is 3. The summed E-state index contributed by atoms with van der Waals surface area (Å²) >= 11 is 1.49. The molecule has 3 heterocycles. The maximum absolute atomic E-state index is 13.2. The van der Waals surface area contributed by atoms with Gasteiger partial charge in [-0.1, -0.05) is 36.0 Å². The zero-order valence-corrected chi connectivity index (χ0v) is 25.1. The molecule has 0 atom stereocenters. The van der Waals surface area contributed by atoms with Crippen LogP contribution in [0.3, 0.4) is 0 Å². The Morgan fingerprint density at radius 3 is 2.41 bits per heavy atom. The van der Waals surface area contributed by atoms with Crippen molar-refractivity contribution in [2.75, 3.05) is 49.6 Å². The Morgan fingerprint density at radius 1 is 0.932 bits per heavy atom. The van der Waals surface area contributed by atoms with Gasteiger partial charge in [0.2, 0.25) is 0 Å². The minimum absolute atomic E-state index is 0.131. The van der Waals surface area contributed by atoms with Gasteiger partial charge in [-0.25, -0.2) is 9.97 Å². The van der Waals surface area contributed by atoms with E-state index in [9.17, 15) is 18.0 Å². The van der Waals surface area contributed by atoms with Crippen molar-refractivity contribution in [3.05, 3.63) is 107 Å². The second-order valence-electron chi connectivity index (χ2n) is 10.3. The fraction of sp³-hybridized carbons (Fsp3) is 0.312. The molecule has 1 saturated heterocycles. The zero-order chi connectivity index (χ0) is 30.9. The van der Waals surface area contributed by atoms with Crippen molar-refractivity contribution in [2.24, 2.45) is 0 Å². The normalized spacial score (nSPS) is 13.6. The van der Waals surface area contributed by atoms with E-state index in [1.807, 2.05) is 53.4 Å². The molecule has 1 aliphatic heterocycles. The highest BCUT2D eigenvalue weighted by Crippen LogP contribution is 2.32. The van der Waals surface area contributed by atoms with Crippen molar-refractivity contribution in [1.29, 1.82) is 0 Å². The molecular formula is C32H33F3N6O2S. The fourth-order valence-electron chi connectivity index (χ4n) is 4.83. The Labute approximate surface area is 258 Å². The number of thioether (sulfide) groups is 1. The number of hydrogen-bond acceptors (Lipinski definition) is 8. The Balaban J connectivity index is 1.17. The van der Waals surface area contributed by atoms with E-state index in [-0.39, 0.29) is 5.91 Å². The number of carbonyl (C=O) groups is 1. The number of pyridine rings is 1. The molecule has 2 aromatic heterocycles. The average molecular weight is 623 g/mol. The summed E-state index contributed by atoms with van der Waals surface area (Å²) < 4.78 is 44.9. The minimum atomic E-state index is -4.37. The molecule has 4 aromatic rings. The number of carbonyl (C=O) groups excluding carboxylic acids is 1. The molecule has 5 rings (SSSR count). The third kappa shape index (κ3) is 8.48. The number of anilines is 2. The van der Waals surface area contributed by atoms with Gasteiger partial charge in [0.05, 0.1) is 17.9 Å². The first-order chi connectivity index (χ1) is 21.3. The fourth-order valence-corrected chi connectivity index (χ4v) is 5.66. The highest BCUT2D eigenvalue weighted by Gasteiger charge is 2.31. The summed E-state index contributed by atoms with van der Waals surface area (Å²) in [5, 5.41) is 3.53. The van der Waals surface area contributed by atoms with E-state index in [2.05, 4.69) is 20.2 Å². The van der Waals surface area contributed by atoms with Gasteiger partial charge in [-0.05, 0) is 48.0 Å². The number of nitrogens with one attached hydrogen (secondary N) is 1. The molecule has 12 heteroatoms. The second-order valence-corrected chi connectivity index (χ2v) is 11.2. The third-order valence-corrected chi connectivity index (χ3v) is 8.08. The molecule has 0 spiro atoms. The van der Waals surface area contributed by atoms with Crippen LogP contribution in [0.1, 0.15) is 32.9 Å². The maximum atomic E-state index is 13.2. The quantitative estimate of drug-likeness (QED) is 0.170. The lowest BCUT2D eigenvalue weighted by atomic mass is 10.1. The lowest BCUT2D eigenvalue weighted by Gasteiger charge is -2.37. The van der Waals surface area contributed by atoms with E-state index in [1.165, 1.54) is 23.9 Å². The highest BCUT2D eigenvalue weighted by molar-refractivity contribution is 7.98. The summed E-state index contributed by atoms with van der Waals surface area (Å²) in [7, 11) is 1.61. The summed E-state index contributed by atoms with van der Waals surface area (Å²) in [5.74, 6) is 1.24. The van der Waals surface area contributed by atoms with Crippen LogP contribution in [0.2, 0.25) is 0 Å². The number of alkyl halides is 3. The molecule has 0 aliphatic carbocycles. The smallest absolute Gasteiger partial charge is 0.378 e. The summed E-state index contributed by atoms with van der Waals surface area (Å²) in [6.07, 6.45) is -1.97. The first kappa shape index (κ1) is 31.3. The van der Waals surface area contributed by atoms with Gasteiger partial charge in [0.1, 0.15) is 5.82 Å². The number of halogens is 3. The molecule has 0 radical (unpaired) electrons. The molecule has 44 heavy (non-hydrogen) atoms. The van der Waals surface area contributed by atoms with Crippen molar-refractivity contribution in [3.63, 3.8) is 0 Å². The number of hydrogen-bond donors (Lipinski definition) is 1. The molecular weight excluding hydrogens is 589 g/mol. The molecule has 2 aromatic carbocycles. The van der Waals surface area contributed by atoms with Crippen LogP contribution < -0.4 is 15.1 Å². The number of benzene rings is 2. The van der Waals surface area contributed by atoms with Crippen LogP contribution in [0.5, 0.6) is 0 Å². The molecule has 1 amide bonds. The van der Waals surface area contributed by atoms with Gasteiger partial charge in [-0.3, -0.25) is 9.78 Å². The predicted octanol–water partition coefficient (Wildman–Crippen LogP) is 5.63. The van der Waals surface area contributed by atoms with Gasteiger partial charge in [-0.15, -0.1) is 0 Å². The lowest BCUT2D eigenvalue weighted by Crippen LogP contribution is -2.47. The van der Waals surface area contributed by atoms with Crippen LogP contribution >= 0.6 is 11.8 Å². The van der Waals surface area contributed by atoms with Crippen molar-refractivity contribution in [1.82, 2.24) is 20.3 Å². The van der Waals surface area contributed by atoms with E-state index < -0.39 is 11.7 Å². The van der Waals surface area contributed by atoms with E-state index in [0.29, 0.717) is 67.9 Å². The second kappa shape index (κ2) is 14.5. The molecule has 1 fully saturated rings. The van der Waals surface area contributed by atoms with Gasteiger partial charge in [-0.2, -0.15) is 13.2 Å². The number of rotatable bonds is 11. The number of ether oxygens (including phenoxy) is 1. The third-order valence-electron chi connectivity index (χ3n) is 7.16. The van der Waals surface area contributed by atoms with E-state index in [1.54, 1.807) is 19.4 Å². The van der Waals surface area contributed by atoms with Gasteiger partial charge in [0.15, 0.2) is 5.16 Å². The van der Waals surface area contributed by atoms with Crippen LogP contribution in [-0.4, -0.2) is 60.7 Å². The first-order valence-electron chi connectivity index (χ1n) is 14.2. The summed E-state index contributed by atoms with van der Waals surface area (Å²) in [6.45, 7) is 3.18. The zero-order valence-electron chi connectivity index (χ0n) is 24.3. The van der Waals surface area contributed by atoms with Crippen LogP contribution in [0, 0.1) is 0 Å². The largest absolute Gasteiger partial charge is 0.416 e. The summed E-state index contributed by atoms with van der Waals surface area (Å²) in [5.41, 5.74) is 3.21. The Bertz CT molecular complexity index is 1530. The molecule has 8 nitrogen and oxygen atoms in total. The van der Waals surface area contributed by atoms with E-state index in [0.717, 1.165) is 28.8 Å². The van der Waals surface area contributed by atoms with Crippen molar-refractivity contribution in [3.8, 4) is 0 Å². The van der Waals surface area contributed by atoms with E-state index >= 15 is 0 Å². The average Bonchev–Trinajstić information content (AvgIpc) is 3.04. The molecule has 1 N–H and O–H groups in total. The standard InChI is InChI=1S/C32H33F3N6O2S/c1-43-21-27-20-29(41-17-15-40(16-18-41)28-7-4-5-25(19-28)32(33,34)35)39-31(38-27)44-22-23-8-10-24(11-9-23)30(42)37-14-12-26-6-2-3-13-36-26/h2-11,13,19-20H,12,14-18,21-22H2,1H3,(H,37,42). The first-order valence-corrected chi connectivity index (χ1v) is 15.2. The van der Waals surface area contributed by atoms with Crippen LogP contribution in [-0.2, 0) is 29.7 Å². The van der Waals surface area contributed by atoms with Crippen LogP contribution in [0.15, 0.2) is 84.1 Å². The Kier molecular flexibility index (Phi) is 10.3. The molecule has 0 saturated carbocycles. The number of amides is 1. The number of piperazine rings is 1. The van der Waals surface area contributed by atoms with Crippen molar-refractivity contribution < 1.29 is 22.7 Å². The number of methoxy groups -OCH3 is 1. The Hall–Kier alpha value is -4.16. The van der Waals surface area contributed by atoms with Gasteiger partial charge >= 0.3 is 6.18 Å². The summed E-state index contributed by atoms with van der Waals surface area (Å²) in [6, 6.07) is 20.5.